The second kappa shape index (κ2) is 6.31. The fourth-order valence-electron chi connectivity index (χ4n) is 2.31. The number of benzene rings is 2. The molecule has 5 nitrogen and oxygen atoms in total. The zero-order valence-electron chi connectivity index (χ0n) is 11.9. The van der Waals surface area contributed by atoms with Crippen LogP contribution < -0.4 is 9.46 Å². The van der Waals surface area contributed by atoms with Gasteiger partial charge in [-0.1, -0.05) is 24.3 Å². The SMILES string of the molecule is COc1ccc2c(-c3ccc(CNS(=O)O)cc3)coc2c1. The second-order valence-corrected chi connectivity index (χ2v) is 5.57. The number of nitrogens with one attached hydrogen (secondary N) is 1. The summed E-state index contributed by atoms with van der Waals surface area (Å²) in [5.74, 6) is 0.756. The van der Waals surface area contributed by atoms with Crippen molar-refractivity contribution in [3.8, 4) is 16.9 Å². The van der Waals surface area contributed by atoms with Gasteiger partial charge in [-0.2, -0.15) is 0 Å². The van der Waals surface area contributed by atoms with E-state index < -0.39 is 11.3 Å². The smallest absolute Gasteiger partial charge is 0.232 e. The van der Waals surface area contributed by atoms with Gasteiger partial charge in [-0.05, 0) is 23.3 Å². The molecule has 0 radical (unpaired) electrons. The Bertz CT molecular complexity index is 811. The Balaban J connectivity index is 1.89. The molecule has 22 heavy (non-hydrogen) atoms. The molecule has 0 saturated carbocycles. The van der Waals surface area contributed by atoms with Gasteiger partial charge in [0.05, 0.1) is 13.4 Å². The standard InChI is InChI=1S/C16H15NO4S/c1-20-13-6-7-14-15(10-21-16(14)8-13)12-4-2-11(3-5-12)9-17-22(18)19/h2-8,10,17H,9H2,1H3,(H,18,19). The van der Waals surface area contributed by atoms with Crippen LogP contribution in [-0.4, -0.2) is 15.9 Å². The van der Waals surface area contributed by atoms with Crippen molar-refractivity contribution in [1.29, 1.82) is 0 Å². The lowest BCUT2D eigenvalue weighted by atomic mass is 10.0. The predicted molar refractivity (Wildman–Crippen MR) is 85.8 cm³/mol. The first-order chi connectivity index (χ1) is 10.7. The predicted octanol–water partition coefficient (Wildman–Crippen LogP) is 3.33. The first kappa shape index (κ1) is 14.8. The summed E-state index contributed by atoms with van der Waals surface area (Å²) >= 11 is -2.00. The maximum absolute atomic E-state index is 10.6. The van der Waals surface area contributed by atoms with Crippen LogP contribution in [0, 0.1) is 0 Å². The highest BCUT2D eigenvalue weighted by molar-refractivity contribution is 7.77. The quantitative estimate of drug-likeness (QED) is 0.708. The summed E-state index contributed by atoms with van der Waals surface area (Å²) in [7, 11) is 1.62. The lowest BCUT2D eigenvalue weighted by Crippen LogP contribution is -2.15. The van der Waals surface area contributed by atoms with Crippen molar-refractivity contribution in [3.05, 3.63) is 54.3 Å². The Labute approximate surface area is 130 Å². The molecule has 0 saturated heterocycles. The van der Waals surface area contributed by atoms with E-state index in [1.165, 1.54) is 0 Å². The Kier molecular flexibility index (Phi) is 4.24. The van der Waals surface area contributed by atoms with Gasteiger partial charge in [0.1, 0.15) is 11.3 Å². The normalized spacial score (nSPS) is 12.5. The van der Waals surface area contributed by atoms with Crippen LogP contribution >= 0.6 is 0 Å². The van der Waals surface area contributed by atoms with Gasteiger partial charge >= 0.3 is 0 Å². The molecule has 0 aliphatic rings. The number of ether oxygens (including phenoxy) is 1. The average Bonchev–Trinajstić information content (AvgIpc) is 2.96. The van der Waals surface area contributed by atoms with Crippen LogP contribution in [0.1, 0.15) is 5.56 Å². The molecule has 2 N–H and O–H groups in total. The van der Waals surface area contributed by atoms with Gasteiger partial charge in [-0.3, -0.25) is 4.55 Å². The number of fused-ring (bicyclic) bond motifs is 1. The molecule has 0 aliphatic carbocycles. The molecular weight excluding hydrogens is 302 g/mol. The van der Waals surface area contributed by atoms with Crippen LogP contribution in [0.25, 0.3) is 22.1 Å². The van der Waals surface area contributed by atoms with Gasteiger partial charge in [0.2, 0.25) is 11.3 Å². The molecule has 1 aromatic heterocycles. The molecule has 3 rings (SSSR count). The molecule has 0 spiro atoms. The molecule has 0 amide bonds. The maximum Gasteiger partial charge on any atom is 0.232 e. The van der Waals surface area contributed by atoms with Crippen molar-refractivity contribution in [3.63, 3.8) is 0 Å². The summed E-state index contributed by atoms with van der Waals surface area (Å²) in [4.78, 5) is 0. The highest BCUT2D eigenvalue weighted by atomic mass is 32.2. The molecule has 1 heterocycles. The van der Waals surface area contributed by atoms with Crippen LogP contribution in [-0.2, 0) is 17.8 Å². The molecule has 1 atom stereocenters. The Morgan fingerprint density at radius 2 is 2.00 bits per heavy atom. The molecule has 6 heteroatoms. The van der Waals surface area contributed by atoms with Crippen LogP contribution in [0.2, 0.25) is 0 Å². The van der Waals surface area contributed by atoms with E-state index in [1.807, 2.05) is 42.5 Å². The number of hydrogen-bond donors (Lipinski definition) is 2. The van der Waals surface area contributed by atoms with Crippen LogP contribution in [0.3, 0.4) is 0 Å². The van der Waals surface area contributed by atoms with Crippen molar-refractivity contribution < 1.29 is 17.9 Å². The van der Waals surface area contributed by atoms with E-state index in [0.717, 1.165) is 33.4 Å². The molecule has 0 fully saturated rings. The van der Waals surface area contributed by atoms with E-state index in [9.17, 15) is 4.21 Å². The second-order valence-electron chi connectivity index (χ2n) is 4.78. The third-order valence-corrected chi connectivity index (χ3v) is 3.84. The minimum atomic E-state index is -2.00. The Morgan fingerprint density at radius 1 is 1.23 bits per heavy atom. The highest BCUT2D eigenvalue weighted by Crippen LogP contribution is 2.32. The molecule has 0 aliphatic heterocycles. The summed E-state index contributed by atoms with van der Waals surface area (Å²) < 4.78 is 32.6. The van der Waals surface area contributed by atoms with Gasteiger partial charge in [-0.15, -0.1) is 0 Å². The zero-order chi connectivity index (χ0) is 15.5. The molecule has 2 aromatic carbocycles. The largest absolute Gasteiger partial charge is 0.497 e. The van der Waals surface area contributed by atoms with E-state index in [4.69, 9.17) is 13.7 Å². The Hall–Kier alpha value is -2.15. The summed E-state index contributed by atoms with van der Waals surface area (Å²) in [5, 5.41) is 1.02. The van der Waals surface area contributed by atoms with Crippen molar-refractivity contribution in [2.45, 2.75) is 6.54 Å². The van der Waals surface area contributed by atoms with E-state index in [2.05, 4.69) is 4.72 Å². The maximum atomic E-state index is 10.6. The van der Waals surface area contributed by atoms with Gasteiger partial charge in [-0.25, -0.2) is 8.93 Å². The summed E-state index contributed by atoms with van der Waals surface area (Å²) in [5.41, 5.74) is 3.73. The summed E-state index contributed by atoms with van der Waals surface area (Å²) in [6, 6.07) is 13.5. The van der Waals surface area contributed by atoms with Gasteiger partial charge in [0.15, 0.2) is 0 Å². The molecule has 1 unspecified atom stereocenters. The van der Waals surface area contributed by atoms with Gasteiger partial charge < -0.3 is 9.15 Å². The van der Waals surface area contributed by atoms with Crippen LogP contribution in [0.4, 0.5) is 0 Å². The summed E-state index contributed by atoms with van der Waals surface area (Å²) in [6.45, 7) is 0.340. The molecular formula is C16H15NO4S. The first-order valence-electron chi connectivity index (χ1n) is 6.66. The monoisotopic (exact) mass is 317 g/mol. The Morgan fingerprint density at radius 3 is 2.68 bits per heavy atom. The summed E-state index contributed by atoms with van der Waals surface area (Å²) in [6.07, 6.45) is 1.72. The van der Waals surface area contributed by atoms with Crippen LogP contribution in [0.5, 0.6) is 5.75 Å². The number of furan rings is 1. The highest BCUT2D eigenvalue weighted by Gasteiger charge is 2.09. The average molecular weight is 317 g/mol. The van der Waals surface area contributed by atoms with Gasteiger partial charge in [0.25, 0.3) is 0 Å². The van der Waals surface area contributed by atoms with Gasteiger partial charge in [0, 0.05) is 23.6 Å². The number of rotatable bonds is 5. The van der Waals surface area contributed by atoms with Crippen molar-refractivity contribution in [1.82, 2.24) is 4.72 Å². The lowest BCUT2D eigenvalue weighted by molar-refractivity contribution is 0.414. The van der Waals surface area contributed by atoms with E-state index >= 15 is 0 Å². The zero-order valence-corrected chi connectivity index (χ0v) is 12.7. The third kappa shape index (κ3) is 3.04. The lowest BCUT2D eigenvalue weighted by Gasteiger charge is -2.03. The van der Waals surface area contributed by atoms with E-state index in [-0.39, 0.29) is 0 Å². The van der Waals surface area contributed by atoms with Crippen LogP contribution in [0.15, 0.2) is 53.1 Å². The fourth-order valence-corrected chi connectivity index (χ4v) is 2.60. The first-order valence-corrected chi connectivity index (χ1v) is 7.77. The molecule has 0 bridgehead atoms. The topological polar surface area (TPSA) is 71.7 Å². The third-order valence-electron chi connectivity index (χ3n) is 3.45. The fraction of sp³-hybridized carbons (Fsp3) is 0.125. The van der Waals surface area contributed by atoms with E-state index in [0.29, 0.717) is 6.54 Å². The number of methoxy groups -OCH3 is 1. The van der Waals surface area contributed by atoms with E-state index in [1.54, 1.807) is 13.4 Å². The van der Waals surface area contributed by atoms with Crippen molar-refractivity contribution >= 4 is 22.2 Å². The van der Waals surface area contributed by atoms with Crippen molar-refractivity contribution in [2.24, 2.45) is 0 Å². The minimum Gasteiger partial charge on any atom is -0.497 e. The molecule has 3 aromatic rings. The van der Waals surface area contributed by atoms with Crippen molar-refractivity contribution in [2.75, 3.05) is 7.11 Å². The molecule has 114 valence electrons. The minimum absolute atomic E-state index is 0.340. The number of hydrogen-bond acceptors (Lipinski definition) is 3.